The van der Waals surface area contributed by atoms with Crippen LogP contribution in [-0.4, -0.2) is 45.5 Å². The van der Waals surface area contributed by atoms with Crippen LogP contribution in [0.1, 0.15) is 58.2 Å². The second-order valence-corrected chi connectivity index (χ2v) is 7.28. The van der Waals surface area contributed by atoms with Crippen LogP contribution in [0.25, 0.3) is 0 Å². The maximum atomic E-state index is 10.9. The second kappa shape index (κ2) is 6.49. The van der Waals surface area contributed by atoms with Gasteiger partial charge >= 0.3 is 0 Å². The summed E-state index contributed by atoms with van der Waals surface area (Å²) in [7, 11) is 4.21. The molecule has 1 atom stereocenters. The number of rotatable bonds is 5. The van der Waals surface area contributed by atoms with Crippen molar-refractivity contribution in [3.63, 3.8) is 0 Å². The van der Waals surface area contributed by atoms with Crippen molar-refractivity contribution in [3.8, 4) is 0 Å². The molecule has 2 rings (SSSR count). The molecule has 1 aromatic rings. The van der Waals surface area contributed by atoms with Crippen LogP contribution in [0, 0.1) is 5.92 Å². The highest BCUT2D eigenvalue weighted by atomic mass is 16.3. The number of aliphatic hydroxyl groups excluding tert-OH is 1. The molecule has 0 aromatic carbocycles. The molecule has 1 aromatic heterocycles. The molecule has 0 bridgehead atoms. The fourth-order valence-electron chi connectivity index (χ4n) is 3.50. The Labute approximate surface area is 129 Å². The molecule has 4 nitrogen and oxygen atoms in total. The Morgan fingerprint density at radius 3 is 2.48 bits per heavy atom. The molecule has 0 radical (unpaired) electrons. The van der Waals surface area contributed by atoms with Gasteiger partial charge in [-0.1, -0.05) is 6.92 Å². The second-order valence-electron chi connectivity index (χ2n) is 7.28. The first-order chi connectivity index (χ1) is 9.85. The first-order valence-electron chi connectivity index (χ1n) is 8.24. The number of hydrogen-bond donors (Lipinski definition) is 1. The molecule has 1 fully saturated rings. The predicted molar refractivity (Wildman–Crippen MR) is 86.4 cm³/mol. The van der Waals surface area contributed by atoms with Crippen molar-refractivity contribution in [2.75, 3.05) is 14.1 Å². The van der Waals surface area contributed by atoms with Gasteiger partial charge in [-0.15, -0.1) is 0 Å². The van der Waals surface area contributed by atoms with Crippen molar-refractivity contribution >= 4 is 0 Å². The number of hydrogen-bond acceptors (Lipinski definition) is 3. The van der Waals surface area contributed by atoms with E-state index in [0.717, 1.165) is 24.5 Å². The molecule has 120 valence electrons. The van der Waals surface area contributed by atoms with E-state index in [1.165, 1.54) is 12.8 Å². The van der Waals surface area contributed by atoms with E-state index >= 15 is 0 Å². The zero-order chi connectivity index (χ0) is 15.6. The Kier molecular flexibility index (Phi) is 5.10. The smallest absolute Gasteiger partial charge is 0.0779 e. The van der Waals surface area contributed by atoms with Crippen LogP contribution in [0.4, 0.5) is 0 Å². The van der Waals surface area contributed by atoms with Crippen molar-refractivity contribution < 1.29 is 5.11 Å². The first-order valence-corrected chi connectivity index (χ1v) is 8.24. The molecule has 4 heteroatoms. The number of aliphatic hydroxyl groups is 1. The molecule has 0 amide bonds. The summed E-state index contributed by atoms with van der Waals surface area (Å²) in [4.78, 5) is 2.24. The number of aromatic nitrogens is 2. The van der Waals surface area contributed by atoms with Crippen LogP contribution in [0.15, 0.2) is 12.3 Å². The molecule has 0 aliphatic heterocycles. The monoisotopic (exact) mass is 293 g/mol. The fourth-order valence-corrected chi connectivity index (χ4v) is 3.50. The lowest BCUT2D eigenvalue weighted by atomic mass is 9.72. The van der Waals surface area contributed by atoms with Crippen LogP contribution in [0.3, 0.4) is 0 Å². The Bertz CT molecular complexity index is 445. The number of nitrogens with zero attached hydrogens (tertiary/aromatic N) is 3. The zero-order valence-corrected chi connectivity index (χ0v) is 14.2. The van der Waals surface area contributed by atoms with Crippen molar-refractivity contribution in [2.45, 2.75) is 70.6 Å². The Morgan fingerprint density at radius 2 is 2.00 bits per heavy atom. The van der Waals surface area contributed by atoms with Crippen molar-refractivity contribution in [3.05, 3.63) is 18.0 Å². The lowest BCUT2D eigenvalue weighted by molar-refractivity contribution is -0.0387. The van der Waals surface area contributed by atoms with E-state index in [-0.39, 0.29) is 11.6 Å². The van der Waals surface area contributed by atoms with Crippen LogP contribution < -0.4 is 0 Å². The van der Waals surface area contributed by atoms with Crippen LogP contribution in [-0.2, 0) is 6.42 Å². The Balaban J connectivity index is 2.09. The molecule has 0 spiro atoms. The standard InChI is InChI=1S/C17H31N3O/c1-13(2)20-11-8-15(18-20)12-16(21)17(19(4)5)9-6-14(3)7-10-17/h8,11,13-14,16,21H,6-7,9-10,12H2,1-5H3. The largest absolute Gasteiger partial charge is 0.391 e. The van der Waals surface area contributed by atoms with Crippen LogP contribution >= 0.6 is 0 Å². The summed E-state index contributed by atoms with van der Waals surface area (Å²) in [5, 5.41) is 15.5. The summed E-state index contributed by atoms with van der Waals surface area (Å²) in [5.41, 5.74) is 0.907. The molecule has 1 heterocycles. The molecule has 0 saturated heterocycles. The van der Waals surface area contributed by atoms with Crippen LogP contribution in [0.5, 0.6) is 0 Å². The molecule has 1 aliphatic rings. The zero-order valence-electron chi connectivity index (χ0n) is 14.2. The minimum atomic E-state index is -0.351. The SMILES string of the molecule is CC1CCC(C(O)Cc2ccn(C(C)C)n2)(N(C)C)CC1. The van der Waals surface area contributed by atoms with Crippen molar-refractivity contribution in [2.24, 2.45) is 5.92 Å². The molecule has 21 heavy (non-hydrogen) atoms. The van der Waals surface area contributed by atoms with E-state index in [9.17, 15) is 5.11 Å². The summed E-state index contributed by atoms with van der Waals surface area (Å²) < 4.78 is 1.97. The van der Waals surface area contributed by atoms with E-state index in [1.807, 2.05) is 16.9 Å². The first kappa shape index (κ1) is 16.5. The molecular formula is C17H31N3O. The van der Waals surface area contributed by atoms with Gasteiger partial charge in [0, 0.05) is 24.2 Å². The predicted octanol–water partition coefficient (Wildman–Crippen LogP) is 2.88. The topological polar surface area (TPSA) is 41.3 Å². The van der Waals surface area contributed by atoms with E-state index in [2.05, 4.69) is 44.9 Å². The van der Waals surface area contributed by atoms with Gasteiger partial charge in [-0.05, 0) is 65.6 Å². The van der Waals surface area contributed by atoms with Gasteiger partial charge in [0.25, 0.3) is 0 Å². The van der Waals surface area contributed by atoms with E-state index in [4.69, 9.17) is 0 Å². The molecule has 1 N–H and O–H groups in total. The Morgan fingerprint density at radius 1 is 1.38 bits per heavy atom. The summed E-state index contributed by atoms with van der Waals surface area (Å²) in [6.45, 7) is 6.56. The van der Waals surface area contributed by atoms with Gasteiger partial charge in [0.2, 0.25) is 0 Å². The molecular weight excluding hydrogens is 262 g/mol. The summed E-state index contributed by atoms with van der Waals surface area (Å²) in [5.74, 6) is 0.783. The molecule has 1 saturated carbocycles. The van der Waals surface area contributed by atoms with Gasteiger partial charge < -0.3 is 10.0 Å². The van der Waals surface area contributed by atoms with E-state index in [1.54, 1.807) is 0 Å². The number of likely N-dealkylation sites (N-methyl/N-ethyl adjacent to an activating group) is 1. The van der Waals surface area contributed by atoms with Gasteiger partial charge in [-0.3, -0.25) is 4.68 Å². The van der Waals surface area contributed by atoms with Gasteiger partial charge in [-0.2, -0.15) is 5.10 Å². The van der Waals surface area contributed by atoms with Gasteiger partial charge in [0.1, 0.15) is 0 Å². The average Bonchev–Trinajstić information content (AvgIpc) is 2.88. The normalized spacial score (nSPS) is 28.3. The minimum absolute atomic E-state index is 0.0892. The van der Waals surface area contributed by atoms with E-state index < -0.39 is 0 Å². The minimum Gasteiger partial charge on any atom is -0.391 e. The maximum Gasteiger partial charge on any atom is 0.0779 e. The van der Waals surface area contributed by atoms with E-state index in [0.29, 0.717) is 12.5 Å². The third-order valence-electron chi connectivity index (χ3n) is 5.25. The van der Waals surface area contributed by atoms with Gasteiger partial charge in [0.15, 0.2) is 0 Å². The van der Waals surface area contributed by atoms with Crippen LogP contribution in [0.2, 0.25) is 0 Å². The maximum absolute atomic E-state index is 10.9. The highest BCUT2D eigenvalue weighted by Crippen LogP contribution is 2.38. The lowest BCUT2D eigenvalue weighted by Gasteiger charge is -2.47. The third kappa shape index (κ3) is 3.49. The quantitative estimate of drug-likeness (QED) is 0.907. The fraction of sp³-hybridized carbons (Fsp3) is 0.824. The van der Waals surface area contributed by atoms with Gasteiger partial charge in [0.05, 0.1) is 11.8 Å². The highest BCUT2D eigenvalue weighted by molar-refractivity contribution is 5.07. The summed E-state index contributed by atoms with van der Waals surface area (Å²) >= 11 is 0. The van der Waals surface area contributed by atoms with Gasteiger partial charge in [-0.25, -0.2) is 0 Å². The van der Waals surface area contributed by atoms with Crippen molar-refractivity contribution in [1.29, 1.82) is 0 Å². The summed E-state index contributed by atoms with van der Waals surface area (Å²) in [6.07, 6.45) is 6.87. The average molecular weight is 293 g/mol. The summed E-state index contributed by atoms with van der Waals surface area (Å²) in [6, 6.07) is 2.41. The molecule has 1 unspecified atom stereocenters. The highest BCUT2D eigenvalue weighted by Gasteiger charge is 2.42. The Hall–Kier alpha value is -0.870. The molecule has 1 aliphatic carbocycles. The van der Waals surface area contributed by atoms with Crippen molar-refractivity contribution in [1.82, 2.24) is 14.7 Å². The third-order valence-corrected chi connectivity index (χ3v) is 5.25. The lowest BCUT2D eigenvalue weighted by Crippen LogP contribution is -2.56.